The third kappa shape index (κ3) is 3.61. The Labute approximate surface area is 198 Å². The van der Waals surface area contributed by atoms with E-state index < -0.39 is 17.4 Å². The van der Waals surface area contributed by atoms with Gasteiger partial charge in [0.1, 0.15) is 35.2 Å². The Balaban J connectivity index is 1.68. The quantitative estimate of drug-likeness (QED) is 0.460. The van der Waals surface area contributed by atoms with Crippen LogP contribution in [0.2, 0.25) is 5.02 Å². The zero-order chi connectivity index (χ0) is 24.0. The van der Waals surface area contributed by atoms with Crippen LogP contribution in [0.1, 0.15) is 29.1 Å². The van der Waals surface area contributed by atoms with Crippen LogP contribution in [0, 0.1) is 5.82 Å². The summed E-state index contributed by atoms with van der Waals surface area (Å²) in [6.45, 7) is 2.09. The smallest absolute Gasteiger partial charge is 0.267 e. The summed E-state index contributed by atoms with van der Waals surface area (Å²) in [5.74, 6) is 0.244. The van der Waals surface area contributed by atoms with Crippen molar-refractivity contribution in [2.75, 3.05) is 24.3 Å². The van der Waals surface area contributed by atoms with Crippen molar-refractivity contribution in [3.63, 3.8) is 0 Å². The number of halogens is 2. The monoisotopic (exact) mass is 479 g/mol. The largest absolute Gasteiger partial charge is 0.360 e. The highest BCUT2D eigenvalue weighted by molar-refractivity contribution is 6.35. The average Bonchev–Trinajstić information content (AvgIpc) is 2.81. The first-order valence-corrected chi connectivity index (χ1v) is 10.8. The molecule has 2 aromatic carbocycles. The van der Waals surface area contributed by atoms with Gasteiger partial charge in [-0.05, 0) is 37.3 Å². The second-order valence-corrected chi connectivity index (χ2v) is 8.28. The summed E-state index contributed by atoms with van der Waals surface area (Å²) in [6.07, 6.45) is 1.34. The molecular formula is C23H19ClFN7O2. The number of amides is 1. The number of benzene rings is 2. The standard InChI is InChI=1S/C23H19ClFN7O2/c1-12(29-20-18-19(26-10-27-20)28-11-31(2)22(18)33)21-30-16-8-4-7-15(24)17(16)23(34)32(21)14-6-3-5-13(25)9-14/h3-10,12H,11H2,1-2H3,(H2,26,27,28,29). The number of nitrogens with one attached hydrogen (secondary N) is 2. The molecule has 1 unspecified atom stereocenters. The second-order valence-electron chi connectivity index (χ2n) is 7.87. The molecule has 4 aromatic rings. The Bertz CT molecular complexity index is 1510. The molecule has 0 aliphatic carbocycles. The fraction of sp³-hybridized carbons (Fsp3) is 0.174. The molecule has 172 valence electrons. The Morgan fingerprint density at radius 3 is 2.76 bits per heavy atom. The Morgan fingerprint density at radius 2 is 1.97 bits per heavy atom. The molecule has 0 spiro atoms. The maximum atomic E-state index is 14.1. The molecule has 5 rings (SSSR count). The topological polar surface area (TPSA) is 105 Å². The number of hydrogen-bond acceptors (Lipinski definition) is 7. The highest BCUT2D eigenvalue weighted by Crippen LogP contribution is 2.29. The van der Waals surface area contributed by atoms with Crippen molar-refractivity contribution in [2.45, 2.75) is 13.0 Å². The molecule has 2 aromatic heterocycles. The summed E-state index contributed by atoms with van der Waals surface area (Å²) in [4.78, 5) is 40.9. The molecule has 0 saturated carbocycles. The molecule has 1 aliphatic heterocycles. The van der Waals surface area contributed by atoms with Crippen LogP contribution in [-0.4, -0.2) is 44.0 Å². The van der Waals surface area contributed by atoms with Crippen LogP contribution in [0.3, 0.4) is 0 Å². The summed E-state index contributed by atoms with van der Waals surface area (Å²) in [6, 6.07) is 10.0. The molecule has 9 nitrogen and oxygen atoms in total. The fourth-order valence-electron chi connectivity index (χ4n) is 3.92. The number of nitrogens with zero attached hydrogens (tertiary/aromatic N) is 5. The molecular weight excluding hydrogens is 461 g/mol. The molecule has 11 heteroatoms. The minimum Gasteiger partial charge on any atom is -0.360 e. The van der Waals surface area contributed by atoms with Crippen molar-refractivity contribution in [1.29, 1.82) is 0 Å². The maximum Gasteiger partial charge on any atom is 0.267 e. The summed E-state index contributed by atoms with van der Waals surface area (Å²) in [5.41, 5.74) is 0.541. The number of anilines is 2. The van der Waals surface area contributed by atoms with E-state index in [9.17, 15) is 14.0 Å². The molecule has 0 fully saturated rings. The van der Waals surface area contributed by atoms with Gasteiger partial charge in [-0.2, -0.15) is 0 Å². The van der Waals surface area contributed by atoms with Crippen molar-refractivity contribution in [1.82, 2.24) is 24.4 Å². The normalized spacial score (nSPS) is 14.0. The van der Waals surface area contributed by atoms with Crippen LogP contribution < -0.4 is 16.2 Å². The summed E-state index contributed by atoms with van der Waals surface area (Å²) in [5, 5.41) is 6.72. The first kappa shape index (κ1) is 21.8. The van der Waals surface area contributed by atoms with Gasteiger partial charge in [0.2, 0.25) is 0 Å². The van der Waals surface area contributed by atoms with Gasteiger partial charge in [-0.25, -0.2) is 19.3 Å². The first-order chi connectivity index (χ1) is 16.3. The SMILES string of the molecule is CC(Nc1ncnc2c1C(=O)N(C)CN2)c1nc2cccc(Cl)c2c(=O)n1-c1cccc(F)c1. The van der Waals surface area contributed by atoms with E-state index in [4.69, 9.17) is 11.6 Å². The number of fused-ring (bicyclic) bond motifs is 2. The number of hydrogen-bond donors (Lipinski definition) is 2. The van der Waals surface area contributed by atoms with Gasteiger partial charge >= 0.3 is 0 Å². The number of aromatic nitrogens is 4. The minimum atomic E-state index is -0.613. The number of carbonyl (C=O) groups excluding carboxylic acids is 1. The Morgan fingerprint density at radius 1 is 1.18 bits per heavy atom. The van der Waals surface area contributed by atoms with E-state index in [1.54, 1.807) is 38.2 Å². The van der Waals surface area contributed by atoms with E-state index in [0.717, 1.165) is 0 Å². The fourth-order valence-corrected chi connectivity index (χ4v) is 4.17. The molecule has 0 radical (unpaired) electrons. The zero-order valence-electron chi connectivity index (χ0n) is 18.2. The molecule has 0 bridgehead atoms. The summed E-state index contributed by atoms with van der Waals surface area (Å²) < 4.78 is 15.4. The Kier molecular flexibility index (Phi) is 5.37. The highest BCUT2D eigenvalue weighted by Gasteiger charge is 2.28. The lowest BCUT2D eigenvalue weighted by Gasteiger charge is -2.27. The summed E-state index contributed by atoms with van der Waals surface area (Å²) in [7, 11) is 1.66. The lowest BCUT2D eigenvalue weighted by molar-refractivity contribution is 0.0796. The Hall–Kier alpha value is -4.05. The van der Waals surface area contributed by atoms with E-state index in [1.165, 1.54) is 34.0 Å². The van der Waals surface area contributed by atoms with Gasteiger partial charge < -0.3 is 15.5 Å². The predicted octanol–water partition coefficient (Wildman–Crippen LogP) is 3.60. The van der Waals surface area contributed by atoms with E-state index in [0.29, 0.717) is 29.5 Å². The number of rotatable bonds is 4. The molecule has 2 N–H and O–H groups in total. The lowest BCUT2D eigenvalue weighted by Crippen LogP contribution is -2.38. The van der Waals surface area contributed by atoms with Crippen molar-refractivity contribution < 1.29 is 9.18 Å². The zero-order valence-corrected chi connectivity index (χ0v) is 19.0. The third-order valence-corrected chi connectivity index (χ3v) is 5.89. The number of carbonyl (C=O) groups is 1. The van der Waals surface area contributed by atoms with Gasteiger partial charge in [-0.1, -0.05) is 23.7 Å². The van der Waals surface area contributed by atoms with Crippen LogP contribution in [0.4, 0.5) is 16.0 Å². The van der Waals surface area contributed by atoms with Crippen LogP contribution >= 0.6 is 11.6 Å². The molecule has 3 heterocycles. The van der Waals surface area contributed by atoms with Crippen LogP contribution in [0.15, 0.2) is 53.6 Å². The van der Waals surface area contributed by atoms with Crippen molar-refractivity contribution >= 4 is 40.0 Å². The first-order valence-electron chi connectivity index (χ1n) is 10.4. The lowest BCUT2D eigenvalue weighted by atomic mass is 10.1. The van der Waals surface area contributed by atoms with Gasteiger partial charge in [-0.3, -0.25) is 14.2 Å². The predicted molar refractivity (Wildman–Crippen MR) is 127 cm³/mol. The minimum absolute atomic E-state index is 0.227. The van der Waals surface area contributed by atoms with Crippen LogP contribution in [0.25, 0.3) is 16.6 Å². The molecule has 34 heavy (non-hydrogen) atoms. The van der Waals surface area contributed by atoms with E-state index in [1.807, 2.05) is 0 Å². The molecule has 1 aliphatic rings. The van der Waals surface area contributed by atoms with Crippen LogP contribution in [-0.2, 0) is 0 Å². The molecule has 1 atom stereocenters. The van der Waals surface area contributed by atoms with Crippen molar-refractivity contribution in [3.8, 4) is 5.69 Å². The highest BCUT2D eigenvalue weighted by atomic mass is 35.5. The molecule has 1 amide bonds. The summed E-state index contributed by atoms with van der Waals surface area (Å²) >= 11 is 6.31. The van der Waals surface area contributed by atoms with E-state index in [2.05, 4.69) is 25.6 Å². The van der Waals surface area contributed by atoms with Crippen molar-refractivity contribution in [3.05, 3.63) is 81.4 Å². The van der Waals surface area contributed by atoms with E-state index >= 15 is 0 Å². The van der Waals surface area contributed by atoms with Gasteiger partial charge in [0.05, 0.1) is 34.3 Å². The maximum absolute atomic E-state index is 14.1. The third-order valence-electron chi connectivity index (χ3n) is 5.57. The van der Waals surface area contributed by atoms with Gasteiger partial charge in [0, 0.05) is 7.05 Å². The van der Waals surface area contributed by atoms with Gasteiger partial charge in [-0.15, -0.1) is 0 Å². The average molecular weight is 480 g/mol. The van der Waals surface area contributed by atoms with Crippen LogP contribution in [0.5, 0.6) is 0 Å². The molecule has 0 saturated heterocycles. The van der Waals surface area contributed by atoms with Gasteiger partial charge in [0.15, 0.2) is 0 Å². The second kappa shape index (κ2) is 8.38. The van der Waals surface area contributed by atoms with Crippen molar-refractivity contribution in [2.24, 2.45) is 0 Å². The van der Waals surface area contributed by atoms with E-state index in [-0.39, 0.29) is 27.7 Å². The van der Waals surface area contributed by atoms with Gasteiger partial charge in [0.25, 0.3) is 11.5 Å².